The average molecular weight is 248 g/mol. The summed E-state index contributed by atoms with van der Waals surface area (Å²) in [5.41, 5.74) is 2.79. The molecule has 1 aromatic heterocycles. The van der Waals surface area contributed by atoms with Gasteiger partial charge < -0.3 is 9.32 Å². The van der Waals surface area contributed by atoms with Crippen LogP contribution < -0.4 is 5.76 Å². The van der Waals surface area contributed by atoms with Crippen LogP contribution in [-0.4, -0.2) is 30.1 Å². The Balaban J connectivity index is 2.46. The largest absolute Gasteiger partial charge is 0.419 e. The van der Waals surface area contributed by atoms with Gasteiger partial charge in [-0.1, -0.05) is 19.9 Å². The van der Waals surface area contributed by atoms with Gasteiger partial charge in [0.25, 0.3) is 0 Å². The van der Waals surface area contributed by atoms with Crippen LogP contribution >= 0.6 is 0 Å². The minimum absolute atomic E-state index is 0.271. The lowest BCUT2D eigenvalue weighted by Gasteiger charge is -2.10. The Morgan fingerprint density at radius 3 is 2.67 bits per heavy atom. The lowest BCUT2D eigenvalue weighted by atomic mass is 10.0. The second kappa shape index (κ2) is 4.98. The molecule has 0 atom stereocenters. The van der Waals surface area contributed by atoms with E-state index in [0.29, 0.717) is 18.0 Å². The van der Waals surface area contributed by atoms with Crippen LogP contribution in [0.15, 0.2) is 27.4 Å². The Labute approximate surface area is 107 Å². The van der Waals surface area contributed by atoms with Crippen LogP contribution in [0.25, 0.3) is 11.1 Å². The van der Waals surface area contributed by atoms with Gasteiger partial charge in [0.05, 0.1) is 5.52 Å². The zero-order chi connectivity index (χ0) is 13.3. The molecule has 0 N–H and O–H groups in total. The Hall–Kier alpha value is -1.55. The predicted octanol–water partition coefficient (Wildman–Crippen LogP) is 2.28. The van der Waals surface area contributed by atoms with E-state index < -0.39 is 0 Å². The molecule has 0 fully saturated rings. The molecule has 18 heavy (non-hydrogen) atoms. The highest BCUT2D eigenvalue weighted by Crippen LogP contribution is 2.20. The lowest BCUT2D eigenvalue weighted by molar-refractivity contribution is 0.374. The third kappa shape index (κ3) is 2.48. The smallest absolute Gasteiger partial charge is 0.408 e. The zero-order valence-corrected chi connectivity index (χ0v) is 11.4. The molecular weight excluding hydrogens is 228 g/mol. The predicted molar refractivity (Wildman–Crippen MR) is 73.1 cm³/mol. The number of hydrogen-bond acceptors (Lipinski definition) is 3. The van der Waals surface area contributed by atoms with Gasteiger partial charge in [-0.05, 0) is 37.7 Å². The zero-order valence-electron chi connectivity index (χ0n) is 11.4. The Bertz CT molecular complexity index is 593. The summed E-state index contributed by atoms with van der Waals surface area (Å²) in [6, 6.07) is 5.96. The second-order valence-corrected chi connectivity index (χ2v) is 5.20. The number of aromatic nitrogens is 1. The fourth-order valence-electron chi connectivity index (χ4n) is 1.95. The quantitative estimate of drug-likeness (QED) is 0.833. The Morgan fingerprint density at radius 2 is 2.06 bits per heavy atom. The van der Waals surface area contributed by atoms with Crippen molar-refractivity contribution in [2.75, 3.05) is 20.6 Å². The fourth-order valence-corrected chi connectivity index (χ4v) is 1.95. The number of rotatable bonds is 4. The molecule has 0 aliphatic carbocycles. The second-order valence-electron chi connectivity index (χ2n) is 5.20. The highest BCUT2D eigenvalue weighted by Gasteiger charge is 2.11. The normalized spacial score (nSPS) is 11.9. The van der Waals surface area contributed by atoms with Crippen LogP contribution in [0.4, 0.5) is 0 Å². The molecule has 0 saturated carbocycles. The van der Waals surface area contributed by atoms with Gasteiger partial charge in [0.1, 0.15) is 0 Å². The van der Waals surface area contributed by atoms with Crippen LogP contribution in [0.2, 0.25) is 0 Å². The van der Waals surface area contributed by atoms with Crippen LogP contribution in [0.3, 0.4) is 0 Å². The summed E-state index contributed by atoms with van der Waals surface area (Å²) in [5.74, 6) is 0.175. The first-order valence-corrected chi connectivity index (χ1v) is 6.27. The summed E-state index contributed by atoms with van der Waals surface area (Å²) in [6.45, 7) is 5.76. The van der Waals surface area contributed by atoms with Gasteiger partial charge in [0.15, 0.2) is 5.58 Å². The van der Waals surface area contributed by atoms with Gasteiger partial charge in [0.2, 0.25) is 0 Å². The van der Waals surface area contributed by atoms with E-state index in [1.165, 1.54) is 5.56 Å². The topological polar surface area (TPSA) is 38.4 Å². The lowest BCUT2D eigenvalue weighted by Crippen LogP contribution is -2.23. The summed E-state index contributed by atoms with van der Waals surface area (Å²) in [7, 11) is 3.99. The molecule has 0 aliphatic heterocycles. The number of nitrogens with zero attached hydrogens (tertiary/aromatic N) is 2. The fraction of sp³-hybridized carbons (Fsp3) is 0.500. The molecule has 1 heterocycles. The molecule has 0 radical (unpaired) electrons. The van der Waals surface area contributed by atoms with E-state index in [2.05, 4.69) is 24.8 Å². The summed E-state index contributed by atoms with van der Waals surface area (Å²) >= 11 is 0. The molecule has 0 aliphatic rings. The summed E-state index contributed by atoms with van der Waals surface area (Å²) in [4.78, 5) is 13.9. The van der Waals surface area contributed by atoms with E-state index in [9.17, 15) is 4.79 Å². The van der Waals surface area contributed by atoms with Crippen molar-refractivity contribution in [1.29, 1.82) is 0 Å². The first-order chi connectivity index (χ1) is 8.49. The molecule has 0 bridgehead atoms. The van der Waals surface area contributed by atoms with Crippen molar-refractivity contribution in [2.45, 2.75) is 26.3 Å². The monoisotopic (exact) mass is 248 g/mol. The van der Waals surface area contributed by atoms with Crippen molar-refractivity contribution in [3.05, 3.63) is 34.3 Å². The van der Waals surface area contributed by atoms with Crippen LogP contribution in [-0.2, 0) is 6.54 Å². The van der Waals surface area contributed by atoms with Crippen LogP contribution in [0.5, 0.6) is 0 Å². The number of hydrogen-bond donors (Lipinski definition) is 0. The van der Waals surface area contributed by atoms with Crippen molar-refractivity contribution in [3.63, 3.8) is 0 Å². The summed E-state index contributed by atoms with van der Waals surface area (Å²) < 4.78 is 6.96. The molecule has 4 nitrogen and oxygen atoms in total. The molecular formula is C14H20N2O2. The molecule has 98 valence electrons. The molecule has 0 unspecified atom stereocenters. The highest BCUT2D eigenvalue weighted by molar-refractivity contribution is 5.74. The van der Waals surface area contributed by atoms with Crippen LogP contribution in [0, 0.1) is 0 Å². The van der Waals surface area contributed by atoms with Crippen molar-refractivity contribution in [3.8, 4) is 0 Å². The van der Waals surface area contributed by atoms with Crippen LogP contribution in [0.1, 0.15) is 25.3 Å². The molecule has 2 aromatic rings. The molecule has 0 spiro atoms. The number of likely N-dealkylation sites (N-methyl/N-ethyl adjacent to an activating group) is 1. The number of fused-ring (bicyclic) bond motifs is 1. The van der Waals surface area contributed by atoms with E-state index >= 15 is 0 Å². The number of oxazole rings is 1. The van der Waals surface area contributed by atoms with Gasteiger partial charge in [-0.2, -0.15) is 0 Å². The Kier molecular flexibility index (Phi) is 3.57. The summed E-state index contributed by atoms with van der Waals surface area (Å²) in [6.07, 6.45) is 0. The maximum Gasteiger partial charge on any atom is 0.419 e. The highest BCUT2D eigenvalue weighted by atomic mass is 16.4. The van der Waals surface area contributed by atoms with Gasteiger partial charge in [-0.15, -0.1) is 0 Å². The van der Waals surface area contributed by atoms with Crippen molar-refractivity contribution in [2.24, 2.45) is 0 Å². The minimum Gasteiger partial charge on any atom is -0.408 e. The van der Waals surface area contributed by atoms with Crippen molar-refractivity contribution in [1.82, 2.24) is 9.47 Å². The standard InChI is InChI=1S/C14H20N2O2/c1-10(2)11-5-6-13-12(9-11)16(14(17)18-13)8-7-15(3)4/h5-6,9-10H,7-8H2,1-4H3. The third-order valence-electron chi connectivity index (χ3n) is 3.13. The SMILES string of the molecule is CC(C)c1ccc2oc(=O)n(CCN(C)C)c2c1. The first kappa shape index (κ1) is 12.9. The molecule has 0 amide bonds. The Morgan fingerprint density at radius 1 is 1.33 bits per heavy atom. The maximum atomic E-state index is 11.8. The molecule has 1 aromatic carbocycles. The molecule has 4 heteroatoms. The van der Waals surface area contributed by atoms with Crippen molar-refractivity contribution >= 4 is 11.1 Å². The first-order valence-electron chi connectivity index (χ1n) is 6.27. The van der Waals surface area contributed by atoms with Gasteiger partial charge in [-0.25, -0.2) is 4.79 Å². The number of benzene rings is 1. The van der Waals surface area contributed by atoms with Gasteiger partial charge >= 0.3 is 5.76 Å². The van der Waals surface area contributed by atoms with E-state index in [0.717, 1.165) is 12.1 Å². The molecule has 2 rings (SSSR count). The van der Waals surface area contributed by atoms with E-state index in [1.54, 1.807) is 4.57 Å². The molecule has 0 saturated heterocycles. The van der Waals surface area contributed by atoms with E-state index in [-0.39, 0.29) is 5.76 Å². The summed E-state index contributed by atoms with van der Waals surface area (Å²) in [5, 5.41) is 0. The third-order valence-corrected chi connectivity index (χ3v) is 3.13. The minimum atomic E-state index is -0.271. The van der Waals surface area contributed by atoms with Gasteiger partial charge in [0, 0.05) is 13.1 Å². The van der Waals surface area contributed by atoms with Gasteiger partial charge in [-0.3, -0.25) is 4.57 Å². The van der Waals surface area contributed by atoms with E-state index in [4.69, 9.17) is 4.42 Å². The van der Waals surface area contributed by atoms with E-state index in [1.807, 2.05) is 26.2 Å². The average Bonchev–Trinajstić information content (AvgIpc) is 2.60. The maximum absolute atomic E-state index is 11.8. The van der Waals surface area contributed by atoms with Crippen molar-refractivity contribution < 1.29 is 4.42 Å².